The molecule has 0 spiro atoms. The maximum absolute atomic E-state index is 6.17. The van der Waals surface area contributed by atoms with E-state index in [9.17, 15) is 0 Å². The van der Waals surface area contributed by atoms with E-state index in [-0.39, 0.29) is 0 Å². The molecular weight excluding hydrogens is 236 g/mol. The van der Waals surface area contributed by atoms with Crippen molar-refractivity contribution in [3.05, 3.63) is 23.8 Å². The maximum atomic E-state index is 6.17. The Kier molecular flexibility index (Phi) is 3.80. The van der Waals surface area contributed by atoms with Gasteiger partial charge in [-0.1, -0.05) is 26.0 Å². The Morgan fingerprint density at radius 1 is 1.32 bits per heavy atom. The highest BCUT2D eigenvalue weighted by Crippen LogP contribution is 2.29. The summed E-state index contributed by atoms with van der Waals surface area (Å²) in [4.78, 5) is 6.75. The van der Waals surface area contributed by atoms with Crippen molar-refractivity contribution in [1.82, 2.24) is 14.5 Å². The lowest BCUT2D eigenvalue weighted by atomic mass is 10.0. The van der Waals surface area contributed by atoms with Crippen LogP contribution in [-0.4, -0.2) is 35.1 Å². The van der Waals surface area contributed by atoms with E-state index in [1.165, 1.54) is 5.56 Å². The van der Waals surface area contributed by atoms with Gasteiger partial charge in [0.2, 0.25) is 5.95 Å². The van der Waals surface area contributed by atoms with Gasteiger partial charge in [-0.25, -0.2) is 4.98 Å². The van der Waals surface area contributed by atoms with E-state index < -0.39 is 0 Å². The molecule has 1 unspecified atom stereocenters. The van der Waals surface area contributed by atoms with Crippen LogP contribution in [0.1, 0.15) is 25.5 Å². The van der Waals surface area contributed by atoms with Gasteiger partial charge in [-0.2, -0.15) is 0 Å². The number of anilines is 1. The van der Waals surface area contributed by atoms with Crippen molar-refractivity contribution in [2.24, 2.45) is 5.92 Å². The number of fused-ring (bicyclic) bond motifs is 1. The zero-order valence-electron chi connectivity index (χ0n) is 12.5. The number of nitrogens with two attached hydrogens (primary N) is 1. The van der Waals surface area contributed by atoms with Crippen molar-refractivity contribution in [3.63, 3.8) is 0 Å². The van der Waals surface area contributed by atoms with E-state index in [1.807, 2.05) is 0 Å². The Morgan fingerprint density at radius 3 is 2.58 bits per heavy atom. The van der Waals surface area contributed by atoms with Crippen molar-refractivity contribution in [3.8, 4) is 0 Å². The van der Waals surface area contributed by atoms with Crippen LogP contribution in [0.3, 0.4) is 0 Å². The Morgan fingerprint density at radius 2 is 2.00 bits per heavy atom. The first-order valence-electron chi connectivity index (χ1n) is 6.79. The zero-order valence-corrected chi connectivity index (χ0v) is 12.5. The van der Waals surface area contributed by atoms with Crippen LogP contribution in [0.2, 0.25) is 0 Å². The molecule has 0 aliphatic carbocycles. The quantitative estimate of drug-likeness (QED) is 0.919. The first-order chi connectivity index (χ1) is 8.91. The predicted octanol–water partition coefficient (Wildman–Crippen LogP) is 2.69. The van der Waals surface area contributed by atoms with Crippen molar-refractivity contribution in [1.29, 1.82) is 0 Å². The number of nitrogens with zero attached hydrogens (tertiary/aromatic N) is 3. The summed E-state index contributed by atoms with van der Waals surface area (Å²) in [5.74, 6) is 1.12. The highest BCUT2D eigenvalue weighted by molar-refractivity contribution is 5.81. The summed E-state index contributed by atoms with van der Waals surface area (Å²) in [6.07, 6.45) is 0. The highest BCUT2D eigenvalue weighted by atomic mass is 15.2. The monoisotopic (exact) mass is 260 g/mol. The van der Waals surface area contributed by atoms with Gasteiger partial charge in [0.25, 0.3) is 0 Å². The molecule has 4 heteroatoms. The van der Waals surface area contributed by atoms with Crippen molar-refractivity contribution >= 4 is 17.0 Å². The summed E-state index contributed by atoms with van der Waals surface area (Å²) < 4.78 is 2.19. The van der Waals surface area contributed by atoms with Crippen LogP contribution >= 0.6 is 0 Å². The summed E-state index contributed by atoms with van der Waals surface area (Å²) >= 11 is 0. The molecule has 2 aromatic rings. The number of benzene rings is 1. The normalized spacial score (nSPS) is 13.6. The molecule has 1 aromatic heterocycles. The summed E-state index contributed by atoms with van der Waals surface area (Å²) in [6.45, 7) is 7.50. The summed E-state index contributed by atoms with van der Waals surface area (Å²) in [5, 5.41) is 0. The third kappa shape index (κ3) is 2.59. The molecule has 104 valence electrons. The number of aryl methyl sites for hydroxylation is 1. The molecule has 0 saturated carbocycles. The summed E-state index contributed by atoms with van der Waals surface area (Å²) in [5.41, 5.74) is 9.50. The van der Waals surface area contributed by atoms with E-state index in [0.717, 1.165) is 17.6 Å². The van der Waals surface area contributed by atoms with E-state index in [4.69, 9.17) is 5.73 Å². The third-order valence-electron chi connectivity index (χ3n) is 3.60. The van der Waals surface area contributed by atoms with Gasteiger partial charge in [-0.05, 0) is 38.6 Å². The molecule has 0 bridgehead atoms. The van der Waals surface area contributed by atoms with Gasteiger partial charge in [-0.15, -0.1) is 0 Å². The Bertz CT molecular complexity index is 569. The minimum Gasteiger partial charge on any atom is -0.369 e. The van der Waals surface area contributed by atoms with Gasteiger partial charge in [0.05, 0.1) is 17.1 Å². The molecule has 0 fully saturated rings. The molecule has 0 amide bonds. The maximum Gasteiger partial charge on any atom is 0.201 e. The van der Waals surface area contributed by atoms with Crippen LogP contribution in [0.4, 0.5) is 5.95 Å². The SMILES string of the molecule is Cc1cccc2c1nc(N)n2C(CN(C)C)C(C)C. The summed E-state index contributed by atoms with van der Waals surface area (Å²) in [7, 11) is 4.19. The minimum atomic E-state index is 0.335. The molecule has 1 aromatic carbocycles. The lowest BCUT2D eigenvalue weighted by Gasteiger charge is -2.27. The molecule has 4 nitrogen and oxygen atoms in total. The summed E-state index contributed by atoms with van der Waals surface area (Å²) in [6, 6.07) is 6.59. The van der Waals surface area contributed by atoms with E-state index in [0.29, 0.717) is 17.9 Å². The van der Waals surface area contributed by atoms with Gasteiger partial charge in [-0.3, -0.25) is 0 Å². The number of likely N-dealkylation sites (N-methyl/N-ethyl adjacent to an activating group) is 1. The second-order valence-corrected chi connectivity index (χ2v) is 5.86. The van der Waals surface area contributed by atoms with Crippen LogP contribution in [0.15, 0.2) is 18.2 Å². The number of imidazole rings is 1. The standard InChI is InChI=1S/C15H24N4/c1-10(2)13(9-18(4)5)19-12-8-6-7-11(3)14(12)17-15(19)16/h6-8,10,13H,9H2,1-5H3,(H2,16,17). The fraction of sp³-hybridized carbons (Fsp3) is 0.533. The molecule has 2 N–H and O–H groups in total. The lowest BCUT2D eigenvalue weighted by Crippen LogP contribution is -2.28. The Hall–Kier alpha value is -1.55. The number of hydrogen-bond donors (Lipinski definition) is 1. The van der Waals surface area contributed by atoms with E-state index in [2.05, 4.69) is 67.5 Å². The minimum absolute atomic E-state index is 0.335. The van der Waals surface area contributed by atoms with Gasteiger partial charge in [0.1, 0.15) is 0 Å². The molecule has 0 aliphatic rings. The smallest absolute Gasteiger partial charge is 0.201 e. The lowest BCUT2D eigenvalue weighted by molar-refractivity contribution is 0.275. The largest absolute Gasteiger partial charge is 0.369 e. The average Bonchev–Trinajstić information content (AvgIpc) is 2.64. The zero-order chi connectivity index (χ0) is 14.2. The average molecular weight is 260 g/mol. The Balaban J connectivity index is 2.59. The van der Waals surface area contributed by atoms with Crippen molar-refractivity contribution in [2.45, 2.75) is 26.8 Å². The first kappa shape index (κ1) is 13.9. The van der Waals surface area contributed by atoms with E-state index in [1.54, 1.807) is 0 Å². The fourth-order valence-corrected chi connectivity index (χ4v) is 2.59. The van der Waals surface area contributed by atoms with E-state index >= 15 is 0 Å². The molecule has 1 heterocycles. The van der Waals surface area contributed by atoms with Gasteiger partial charge in [0.15, 0.2) is 0 Å². The van der Waals surface area contributed by atoms with Crippen LogP contribution in [0.5, 0.6) is 0 Å². The molecule has 1 atom stereocenters. The number of para-hydroxylation sites is 1. The Labute approximate surface area is 115 Å². The van der Waals surface area contributed by atoms with Crippen LogP contribution in [-0.2, 0) is 0 Å². The second-order valence-electron chi connectivity index (χ2n) is 5.86. The number of rotatable bonds is 4. The molecule has 2 rings (SSSR count). The topological polar surface area (TPSA) is 47.1 Å². The molecule has 19 heavy (non-hydrogen) atoms. The number of aromatic nitrogens is 2. The van der Waals surface area contributed by atoms with Gasteiger partial charge < -0.3 is 15.2 Å². The fourth-order valence-electron chi connectivity index (χ4n) is 2.59. The predicted molar refractivity (Wildman–Crippen MR) is 81.3 cm³/mol. The molecule has 0 aliphatic heterocycles. The third-order valence-corrected chi connectivity index (χ3v) is 3.60. The first-order valence-corrected chi connectivity index (χ1v) is 6.79. The number of nitrogen functional groups attached to an aromatic ring is 1. The van der Waals surface area contributed by atoms with Crippen LogP contribution in [0, 0.1) is 12.8 Å². The van der Waals surface area contributed by atoms with Gasteiger partial charge >= 0.3 is 0 Å². The number of hydrogen-bond acceptors (Lipinski definition) is 3. The second kappa shape index (κ2) is 5.21. The van der Waals surface area contributed by atoms with Crippen LogP contribution in [0.25, 0.3) is 11.0 Å². The van der Waals surface area contributed by atoms with Crippen LogP contribution < -0.4 is 5.73 Å². The van der Waals surface area contributed by atoms with Gasteiger partial charge in [0, 0.05) is 6.54 Å². The van der Waals surface area contributed by atoms with Crippen molar-refractivity contribution < 1.29 is 0 Å². The highest BCUT2D eigenvalue weighted by Gasteiger charge is 2.22. The van der Waals surface area contributed by atoms with Crippen molar-refractivity contribution in [2.75, 3.05) is 26.4 Å². The molecule has 0 radical (unpaired) electrons. The molecular formula is C15H24N4. The molecule has 0 saturated heterocycles.